The number of aromatic nitrogens is 4. The number of aryl methyl sites for hydroxylation is 2. The van der Waals surface area contributed by atoms with Crippen molar-refractivity contribution in [1.82, 2.24) is 19.7 Å². The van der Waals surface area contributed by atoms with Gasteiger partial charge in [-0.1, -0.05) is 12.2 Å². The average molecular weight is 233 g/mol. The highest BCUT2D eigenvalue weighted by molar-refractivity contribution is 7.80. The molecule has 0 atom stereocenters. The molecule has 2 heterocycles. The van der Waals surface area contributed by atoms with Crippen LogP contribution in [0.4, 0.5) is 0 Å². The Morgan fingerprint density at radius 3 is 2.75 bits per heavy atom. The summed E-state index contributed by atoms with van der Waals surface area (Å²) >= 11 is 4.99. The van der Waals surface area contributed by atoms with Crippen LogP contribution in [0.1, 0.15) is 17.2 Å². The fraction of sp³-hybridized carbons (Fsp3) is 0.200. The van der Waals surface area contributed by atoms with Crippen molar-refractivity contribution in [3.8, 4) is 5.69 Å². The number of thiocarbonyl (C=S) groups is 1. The molecule has 2 rings (SSSR count). The van der Waals surface area contributed by atoms with Crippen molar-refractivity contribution in [2.45, 2.75) is 13.8 Å². The second-order valence-electron chi connectivity index (χ2n) is 3.38. The van der Waals surface area contributed by atoms with Gasteiger partial charge in [-0.2, -0.15) is 5.10 Å². The summed E-state index contributed by atoms with van der Waals surface area (Å²) in [5.41, 5.74) is 7.16. The van der Waals surface area contributed by atoms with Crippen molar-refractivity contribution in [3.05, 3.63) is 35.7 Å². The van der Waals surface area contributed by atoms with Crippen LogP contribution in [-0.2, 0) is 0 Å². The maximum Gasteiger partial charge on any atom is 0.148 e. The van der Waals surface area contributed by atoms with Gasteiger partial charge in [0.25, 0.3) is 0 Å². The third kappa shape index (κ3) is 1.79. The summed E-state index contributed by atoms with van der Waals surface area (Å²) in [6, 6.07) is 1.77. The SMILES string of the molecule is Cc1nc(C)n(-c2cnccc2C(N)=S)n1. The Morgan fingerprint density at radius 2 is 2.19 bits per heavy atom. The van der Waals surface area contributed by atoms with Gasteiger partial charge in [-0.25, -0.2) is 9.67 Å². The van der Waals surface area contributed by atoms with E-state index in [0.29, 0.717) is 10.8 Å². The van der Waals surface area contributed by atoms with Gasteiger partial charge in [0, 0.05) is 11.8 Å². The number of pyridine rings is 1. The normalized spacial score (nSPS) is 10.4. The first-order chi connectivity index (χ1) is 7.59. The van der Waals surface area contributed by atoms with Crippen molar-refractivity contribution < 1.29 is 0 Å². The van der Waals surface area contributed by atoms with Crippen molar-refractivity contribution in [2.24, 2.45) is 5.73 Å². The summed E-state index contributed by atoms with van der Waals surface area (Å²) in [5.74, 6) is 1.48. The van der Waals surface area contributed by atoms with Gasteiger partial charge in [-0.15, -0.1) is 0 Å². The lowest BCUT2D eigenvalue weighted by Gasteiger charge is -2.07. The summed E-state index contributed by atoms with van der Waals surface area (Å²) in [6.45, 7) is 3.71. The molecule has 6 heteroatoms. The topological polar surface area (TPSA) is 69.6 Å². The Morgan fingerprint density at radius 1 is 1.44 bits per heavy atom. The highest BCUT2D eigenvalue weighted by atomic mass is 32.1. The third-order valence-electron chi connectivity index (χ3n) is 2.17. The molecule has 2 aromatic rings. The molecule has 82 valence electrons. The van der Waals surface area contributed by atoms with Crippen molar-refractivity contribution in [2.75, 3.05) is 0 Å². The van der Waals surface area contributed by atoms with E-state index in [1.165, 1.54) is 0 Å². The number of nitrogens with zero attached hydrogens (tertiary/aromatic N) is 4. The van der Waals surface area contributed by atoms with Crippen molar-refractivity contribution in [1.29, 1.82) is 0 Å². The van der Waals surface area contributed by atoms with E-state index in [0.717, 1.165) is 17.1 Å². The van der Waals surface area contributed by atoms with Crippen LogP contribution in [0.15, 0.2) is 18.5 Å². The molecule has 16 heavy (non-hydrogen) atoms. The van der Waals surface area contributed by atoms with Crippen molar-refractivity contribution >= 4 is 17.2 Å². The second-order valence-corrected chi connectivity index (χ2v) is 3.81. The molecule has 0 fully saturated rings. The number of hydrogen-bond donors (Lipinski definition) is 1. The minimum absolute atomic E-state index is 0.324. The predicted octanol–water partition coefficient (Wildman–Crippen LogP) is 0.913. The van der Waals surface area contributed by atoms with E-state index in [1.807, 2.05) is 13.8 Å². The molecule has 0 saturated heterocycles. The van der Waals surface area contributed by atoms with E-state index in [2.05, 4.69) is 15.1 Å². The molecule has 5 nitrogen and oxygen atoms in total. The Balaban J connectivity index is 2.64. The summed E-state index contributed by atoms with van der Waals surface area (Å²) in [6.07, 6.45) is 3.33. The van der Waals surface area contributed by atoms with Gasteiger partial charge in [0.15, 0.2) is 0 Å². The molecule has 0 spiro atoms. The number of nitrogens with two attached hydrogens (primary N) is 1. The third-order valence-corrected chi connectivity index (χ3v) is 2.39. The summed E-state index contributed by atoms with van der Waals surface area (Å²) in [5, 5.41) is 4.27. The van der Waals surface area contributed by atoms with Gasteiger partial charge in [0.1, 0.15) is 16.6 Å². The monoisotopic (exact) mass is 233 g/mol. The van der Waals surface area contributed by atoms with Crippen LogP contribution in [0.3, 0.4) is 0 Å². The minimum Gasteiger partial charge on any atom is -0.389 e. The van der Waals surface area contributed by atoms with Gasteiger partial charge in [-0.05, 0) is 19.9 Å². The molecule has 0 aliphatic rings. The van der Waals surface area contributed by atoms with E-state index >= 15 is 0 Å². The van der Waals surface area contributed by atoms with Crippen LogP contribution in [0.2, 0.25) is 0 Å². The van der Waals surface area contributed by atoms with E-state index in [9.17, 15) is 0 Å². The first-order valence-corrected chi connectivity index (χ1v) is 5.15. The number of rotatable bonds is 2. The van der Waals surface area contributed by atoms with Crippen molar-refractivity contribution in [3.63, 3.8) is 0 Å². The quantitative estimate of drug-likeness (QED) is 0.781. The molecule has 2 N–H and O–H groups in total. The Hall–Kier alpha value is -1.82. The standard InChI is InChI=1S/C10H11N5S/c1-6-13-7(2)15(14-6)9-5-12-4-3-8(9)10(11)16/h3-5H,1-2H3,(H2,11,16). The Labute approximate surface area is 98.3 Å². The maximum absolute atomic E-state index is 5.65. The summed E-state index contributed by atoms with van der Waals surface area (Å²) in [7, 11) is 0. The first-order valence-electron chi connectivity index (χ1n) is 4.74. The van der Waals surface area contributed by atoms with E-state index < -0.39 is 0 Å². The predicted molar refractivity (Wildman–Crippen MR) is 64.5 cm³/mol. The molecule has 0 unspecified atom stereocenters. The second kappa shape index (κ2) is 3.97. The van der Waals surface area contributed by atoms with Crippen LogP contribution >= 0.6 is 12.2 Å². The van der Waals surface area contributed by atoms with Crippen LogP contribution in [0.5, 0.6) is 0 Å². The lowest BCUT2D eigenvalue weighted by Crippen LogP contribution is -2.14. The van der Waals surface area contributed by atoms with E-state index in [4.69, 9.17) is 18.0 Å². The summed E-state index contributed by atoms with van der Waals surface area (Å²) in [4.78, 5) is 8.60. The van der Waals surface area contributed by atoms with Gasteiger partial charge in [0.05, 0.1) is 11.9 Å². The van der Waals surface area contributed by atoms with Gasteiger partial charge in [0.2, 0.25) is 0 Å². The van der Waals surface area contributed by atoms with Gasteiger partial charge in [-0.3, -0.25) is 4.98 Å². The lowest BCUT2D eigenvalue weighted by atomic mass is 10.2. The minimum atomic E-state index is 0.324. The molecule has 2 aromatic heterocycles. The molecule has 0 aromatic carbocycles. The lowest BCUT2D eigenvalue weighted by molar-refractivity contribution is 0.824. The smallest absolute Gasteiger partial charge is 0.148 e. The molecular weight excluding hydrogens is 222 g/mol. The van der Waals surface area contributed by atoms with E-state index in [1.54, 1.807) is 23.1 Å². The van der Waals surface area contributed by atoms with Crippen LogP contribution < -0.4 is 5.73 Å². The molecule has 0 aliphatic heterocycles. The molecule has 0 bridgehead atoms. The molecule has 0 radical (unpaired) electrons. The Kier molecular flexibility index (Phi) is 2.66. The molecule has 0 saturated carbocycles. The van der Waals surface area contributed by atoms with Gasteiger partial charge >= 0.3 is 0 Å². The van der Waals surface area contributed by atoms with Crippen LogP contribution in [0, 0.1) is 13.8 Å². The highest BCUT2D eigenvalue weighted by Gasteiger charge is 2.11. The zero-order valence-corrected chi connectivity index (χ0v) is 9.82. The molecular formula is C10H11N5S. The fourth-order valence-corrected chi connectivity index (χ4v) is 1.69. The zero-order valence-electron chi connectivity index (χ0n) is 9.01. The van der Waals surface area contributed by atoms with Crippen LogP contribution in [0.25, 0.3) is 5.69 Å². The first kappa shape index (κ1) is 10.7. The largest absolute Gasteiger partial charge is 0.389 e. The average Bonchev–Trinajstić information content (AvgIpc) is 2.57. The summed E-state index contributed by atoms with van der Waals surface area (Å²) < 4.78 is 1.69. The highest BCUT2D eigenvalue weighted by Crippen LogP contribution is 2.13. The maximum atomic E-state index is 5.65. The van der Waals surface area contributed by atoms with Crippen LogP contribution in [-0.4, -0.2) is 24.7 Å². The Bertz CT molecular complexity index is 546. The van der Waals surface area contributed by atoms with Gasteiger partial charge < -0.3 is 5.73 Å². The molecule has 0 aliphatic carbocycles. The fourth-order valence-electron chi connectivity index (χ4n) is 1.51. The molecule has 0 amide bonds. The zero-order chi connectivity index (χ0) is 11.7. The number of hydrogen-bond acceptors (Lipinski definition) is 4. The van der Waals surface area contributed by atoms with E-state index in [-0.39, 0.29) is 0 Å².